The van der Waals surface area contributed by atoms with Crippen LogP contribution in [0.15, 0.2) is 17.3 Å². The summed E-state index contributed by atoms with van der Waals surface area (Å²) in [5.41, 5.74) is 0. The summed E-state index contributed by atoms with van der Waals surface area (Å²) >= 11 is 0. The molecular formula is C15H26N4O2S. The fourth-order valence-electron chi connectivity index (χ4n) is 3.72. The van der Waals surface area contributed by atoms with Crippen LogP contribution >= 0.6 is 0 Å². The number of rotatable bonds is 5. The van der Waals surface area contributed by atoms with E-state index in [1.807, 2.05) is 6.92 Å². The van der Waals surface area contributed by atoms with Crippen LogP contribution in [-0.4, -0.2) is 48.3 Å². The molecule has 1 saturated heterocycles. The van der Waals surface area contributed by atoms with Crippen molar-refractivity contribution in [3.63, 3.8) is 0 Å². The number of likely N-dealkylation sites (tertiary alicyclic amines) is 1. The summed E-state index contributed by atoms with van der Waals surface area (Å²) in [4.78, 5) is 2.55. The van der Waals surface area contributed by atoms with Crippen LogP contribution in [0.2, 0.25) is 0 Å². The van der Waals surface area contributed by atoms with Crippen molar-refractivity contribution in [2.45, 2.75) is 69.1 Å². The van der Waals surface area contributed by atoms with Crippen LogP contribution in [0.25, 0.3) is 0 Å². The lowest BCUT2D eigenvalue weighted by Crippen LogP contribution is -2.47. The van der Waals surface area contributed by atoms with E-state index in [-0.39, 0.29) is 11.1 Å². The molecule has 0 spiro atoms. The molecule has 2 fully saturated rings. The van der Waals surface area contributed by atoms with Gasteiger partial charge in [0.25, 0.3) is 10.0 Å². The molecule has 124 valence electrons. The highest BCUT2D eigenvalue weighted by Crippen LogP contribution is 2.26. The zero-order chi connectivity index (χ0) is 15.6. The zero-order valence-electron chi connectivity index (χ0n) is 13.2. The molecule has 2 heterocycles. The topological polar surface area (TPSA) is 67.2 Å². The minimum atomic E-state index is -3.46. The van der Waals surface area contributed by atoms with Crippen molar-refractivity contribution >= 4 is 10.0 Å². The van der Waals surface area contributed by atoms with Crippen molar-refractivity contribution < 1.29 is 8.42 Å². The van der Waals surface area contributed by atoms with E-state index >= 15 is 0 Å². The molecule has 1 saturated carbocycles. The van der Waals surface area contributed by atoms with Gasteiger partial charge in [-0.15, -0.1) is 0 Å². The maximum atomic E-state index is 12.5. The summed E-state index contributed by atoms with van der Waals surface area (Å²) < 4.78 is 29.4. The Balaban J connectivity index is 1.58. The van der Waals surface area contributed by atoms with E-state index in [1.165, 1.54) is 30.4 Å². The van der Waals surface area contributed by atoms with E-state index in [9.17, 15) is 8.42 Å². The van der Waals surface area contributed by atoms with Gasteiger partial charge in [-0.05, 0) is 51.8 Å². The number of hydrogen-bond acceptors (Lipinski definition) is 4. The van der Waals surface area contributed by atoms with E-state index in [4.69, 9.17) is 0 Å². The number of aryl methyl sites for hydroxylation is 1. The average molecular weight is 326 g/mol. The molecule has 1 aliphatic heterocycles. The molecule has 0 unspecified atom stereocenters. The highest BCUT2D eigenvalue weighted by Gasteiger charge is 2.30. The van der Waals surface area contributed by atoms with E-state index < -0.39 is 10.0 Å². The maximum absolute atomic E-state index is 12.5. The van der Waals surface area contributed by atoms with E-state index in [2.05, 4.69) is 14.7 Å². The van der Waals surface area contributed by atoms with Crippen molar-refractivity contribution in [2.75, 3.05) is 13.1 Å². The quantitative estimate of drug-likeness (QED) is 0.892. The van der Waals surface area contributed by atoms with Gasteiger partial charge in [-0.25, -0.2) is 13.1 Å². The third-order valence-electron chi connectivity index (χ3n) is 4.94. The van der Waals surface area contributed by atoms with Crippen molar-refractivity contribution in [3.8, 4) is 0 Å². The fraction of sp³-hybridized carbons (Fsp3) is 0.800. The van der Waals surface area contributed by atoms with Gasteiger partial charge in [-0.3, -0.25) is 4.68 Å². The smallest absolute Gasteiger partial charge is 0.257 e. The molecule has 0 amide bonds. The van der Waals surface area contributed by atoms with E-state index in [1.54, 1.807) is 12.3 Å². The first kappa shape index (κ1) is 16.0. The van der Waals surface area contributed by atoms with E-state index in [0.717, 1.165) is 32.0 Å². The van der Waals surface area contributed by atoms with Crippen LogP contribution in [0.5, 0.6) is 0 Å². The minimum Gasteiger partial charge on any atom is -0.300 e. The Hall–Kier alpha value is -0.920. The molecule has 22 heavy (non-hydrogen) atoms. The van der Waals surface area contributed by atoms with Crippen LogP contribution in [0.1, 0.15) is 45.4 Å². The lowest BCUT2D eigenvalue weighted by atomic mass is 10.0. The Bertz CT molecular complexity index is 584. The number of nitrogens with one attached hydrogen (secondary N) is 1. The predicted octanol–water partition coefficient (Wildman–Crippen LogP) is 1.59. The average Bonchev–Trinajstić information content (AvgIpc) is 3.19. The highest BCUT2D eigenvalue weighted by atomic mass is 32.2. The number of hydrogen-bond donors (Lipinski definition) is 1. The summed E-state index contributed by atoms with van der Waals surface area (Å²) in [6, 6.07) is 2.35. The first-order valence-corrected chi connectivity index (χ1v) is 9.86. The third-order valence-corrected chi connectivity index (χ3v) is 6.49. The monoisotopic (exact) mass is 326 g/mol. The second kappa shape index (κ2) is 6.68. The van der Waals surface area contributed by atoms with Gasteiger partial charge in [0.2, 0.25) is 0 Å². The molecule has 1 aromatic heterocycles. The molecule has 0 aromatic carbocycles. The molecule has 7 heteroatoms. The van der Waals surface area contributed by atoms with Crippen LogP contribution < -0.4 is 4.72 Å². The summed E-state index contributed by atoms with van der Waals surface area (Å²) in [6.45, 7) is 4.46. The van der Waals surface area contributed by atoms with Gasteiger partial charge in [0.05, 0.1) is 6.20 Å². The lowest BCUT2D eigenvalue weighted by Gasteiger charge is -2.36. The summed E-state index contributed by atoms with van der Waals surface area (Å²) in [5.74, 6) is 0. The second-order valence-corrected chi connectivity index (χ2v) is 8.02. The van der Waals surface area contributed by atoms with E-state index in [0.29, 0.717) is 6.54 Å². The largest absolute Gasteiger partial charge is 0.300 e. The fourth-order valence-corrected chi connectivity index (χ4v) is 5.21. The molecule has 0 bridgehead atoms. The number of sulfonamides is 1. The first-order chi connectivity index (χ1) is 10.6. The first-order valence-electron chi connectivity index (χ1n) is 8.38. The minimum absolute atomic E-state index is 0.0443. The molecule has 1 aliphatic carbocycles. The van der Waals surface area contributed by atoms with Crippen molar-refractivity contribution in [1.29, 1.82) is 0 Å². The highest BCUT2D eigenvalue weighted by molar-refractivity contribution is 7.89. The SMILES string of the molecule is CCn1nccc1S(=O)(=O)NC1CCN(C2CCCC2)CC1. The molecule has 1 N–H and O–H groups in total. The molecule has 0 atom stereocenters. The Morgan fingerprint density at radius 2 is 1.91 bits per heavy atom. The van der Waals surface area contributed by atoms with Crippen LogP contribution in [0.3, 0.4) is 0 Å². The van der Waals surface area contributed by atoms with Gasteiger partial charge < -0.3 is 4.90 Å². The molecule has 3 rings (SSSR count). The van der Waals surface area contributed by atoms with Crippen LogP contribution in [-0.2, 0) is 16.6 Å². The molecule has 6 nitrogen and oxygen atoms in total. The van der Waals surface area contributed by atoms with Crippen LogP contribution in [0.4, 0.5) is 0 Å². The Labute approximate surface area is 132 Å². The summed E-state index contributed by atoms with van der Waals surface area (Å²) in [6.07, 6.45) is 8.65. The van der Waals surface area contributed by atoms with Gasteiger partial charge in [0, 0.05) is 18.6 Å². The third kappa shape index (κ3) is 3.36. The standard InChI is InChI=1S/C15H26N4O2S/c1-2-19-15(7-10-16-19)22(20,21)17-13-8-11-18(12-9-13)14-5-3-4-6-14/h7,10,13-14,17H,2-6,8-9,11-12H2,1H3. The summed E-state index contributed by atoms with van der Waals surface area (Å²) in [7, 11) is -3.46. The Kier molecular flexibility index (Phi) is 4.84. The van der Waals surface area contributed by atoms with Gasteiger partial charge in [-0.2, -0.15) is 5.10 Å². The predicted molar refractivity (Wildman–Crippen MR) is 85.1 cm³/mol. The Morgan fingerprint density at radius 3 is 2.55 bits per heavy atom. The lowest BCUT2D eigenvalue weighted by molar-refractivity contribution is 0.151. The number of aromatic nitrogens is 2. The van der Waals surface area contributed by atoms with Crippen molar-refractivity contribution in [3.05, 3.63) is 12.3 Å². The molecular weight excluding hydrogens is 300 g/mol. The summed E-state index contributed by atoms with van der Waals surface area (Å²) in [5, 5.41) is 4.32. The maximum Gasteiger partial charge on any atom is 0.257 e. The van der Waals surface area contributed by atoms with Gasteiger partial charge in [0.1, 0.15) is 0 Å². The normalized spacial score (nSPS) is 22.4. The zero-order valence-corrected chi connectivity index (χ0v) is 14.1. The molecule has 0 radical (unpaired) electrons. The van der Waals surface area contributed by atoms with Gasteiger partial charge in [-0.1, -0.05) is 12.8 Å². The van der Waals surface area contributed by atoms with Crippen molar-refractivity contribution in [2.24, 2.45) is 0 Å². The molecule has 2 aliphatic rings. The van der Waals surface area contributed by atoms with Crippen LogP contribution in [0, 0.1) is 0 Å². The van der Waals surface area contributed by atoms with Crippen molar-refractivity contribution in [1.82, 2.24) is 19.4 Å². The molecule has 1 aromatic rings. The second-order valence-electron chi connectivity index (χ2n) is 6.36. The number of nitrogens with zero attached hydrogens (tertiary/aromatic N) is 3. The Morgan fingerprint density at radius 1 is 1.23 bits per heavy atom. The van der Waals surface area contributed by atoms with Gasteiger partial charge in [0.15, 0.2) is 5.03 Å². The van der Waals surface area contributed by atoms with Gasteiger partial charge >= 0.3 is 0 Å². The number of piperidine rings is 1.